The van der Waals surface area contributed by atoms with Crippen LogP contribution in [0.1, 0.15) is 22.7 Å². The van der Waals surface area contributed by atoms with Crippen LogP contribution in [0.4, 0.5) is 0 Å². The van der Waals surface area contributed by atoms with E-state index < -0.39 is 23.5 Å². The Balaban J connectivity index is 1.48. The summed E-state index contributed by atoms with van der Waals surface area (Å²) in [7, 11) is 1.61. The molecule has 1 amide bonds. The van der Waals surface area contributed by atoms with Crippen molar-refractivity contribution in [3.05, 3.63) is 118 Å². The molecule has 1 aromatic heterocycles. The maximum atomic E-state index is 13.3. The molecule has 0 aliphatic carbocycles. The quantitative estimate of drug-likeness (QED) is 0.281. The minimum absolute atomic E-state index is 0.0193. The van der Waals surface area contributed by atoms with Gasteiger partial charge < -0.3 is 19.7 Å². The molecule has 1 aliphatic heterocycles. The Morgan fingerprint density at radius 2 is 1.86 bits per heavy atom. The Kier molecular flexibility index (Phi) is 6.84. The molecule has 7 heteroatoms. The summed E-state index contributed by atoms with van der Waals surface area (Å²) in [6.45, 7) is 0.266. The van der Waals surface area contributed by atoms with E-state index in [2.05, 4.69) is 4.98 Å². The fourth-order valence-corrected chi connectivity index (χ4v) is 4.95. The van der Waals surface area contributed by atoms with Crippen LogP contribution in [0.3, 0.4) is 0 Å². The highest BCUT2D eigenvalue weighted by atomic mass is 35.5. The second-order valence-corrected chi connectivity index (χ2v) is 9.18. The van der Waals surface area contributed by atoms with Gasteiger partial charge in [0.25, 0.3) is 5.91 Å². The largest absolute Gasteiger partial charge is 0.503 e. The molecule has 2 heterocycles. The van der Waals surface area contributed by atoms with Crippen molar-refractivity contribution in [3.8, 4) is 5.75 Å². The lowest BCUT2D eigenvalue weighted by atomic mass is 9.95. The van der Waals surface area contributed by atoms with Crippen molar-refractivity contribution in [3.63, 3.8) is 0 Å². The molecule has 1 atom stereocenters. The van der Waals surface area contributed by atoms with Crippen molar-refractivity contribution < 1.29 is 19.4 Å². The fraction of sp³-hybridized carbons (Fsp3) is 0.133. The summed E-state index contributed by atoms with van der Waals surface area (Å²) in [4.78, 5) is 31.4. The van der Waals surface area contributed by atoms with Crippen LogP contribution in [0.25, 0.3) is 17.0 Å². The van der Waals surface area contributed by atoms with Crippen molar-refractivity contribution in [2.24, 2.45) is 0 Å². The lowest BCUT2D eigenvalue weighted by molar-refractivity contribution is -0.129. The summed E-state index contributed by atoms with van der Waals surface area (Å²) in [5, 5.41) is 12.3. The third-order valence-corrected chi connectivity index (χ3v) is 6.94. The average Bonchev–Trinajstić information content (AvgIpc) is 3.44. The van der Waals surface area contributed by atoms with Gasteiger partial charge in [0.05, 0.1) is 18.7 Å². The molecule has 1 aliphatic rings. The number of methoxy groups -OCH3 is 1. The molecule has 0 bridgehead atoms. The topological polar surface area (TPSA) is 82.6 Å². The second kappa shape index (κ2) is 10.4. The molecule has 3 aromatic carbocycles. The Morgan fingerprint density at radius 1 is 1.11 bits per heavy atom. The predicted octanol–water partition coefficient (Wildman–Crippen LogP) is 6.05. The first kappa shape index (κ1) is 24.4. The first-order valence-corrected chi connectivity index (χ1v) is 12.3. The second-order valence-electron chi connectivity index (χ2n) is 8.77. The molecule has 5 rings (SSSR count). The number of aliphatic hydroxyl groups is 1. The molecule has 0 saturated carbocycles. The lowest BCUT2D eigenvalue weighted by Gasteiger charge is -2.27. The summed E-state index contributed by atoms with van der Waals surface area (Å²) < 4.78 is 5.36. The van der Waals surface area contributed by atoms with Crippen LogP contribution in [0.5, 0.6) is 5.75 Å². The van der Waals surface area contributed by atoms with Gasteiger partial charge >= 0.3 is 0 Å². The van der Waals surface area contributed by atoms with E-state index in [9.17, 15) is 14.7 Å². The normalized spacial score (nSPS) is 15.8. The number of aliphatic hydroxyl groups excluding tert-OH is 1. The fourth-order valence-electron chi connectivity index (χ4n) is 4.71. The number of fused-ring (bicyclic) bond motifs is 1. The molecular formula is C30H25ClN2O4. The van der Waals surface area contributed by atoms with Gasteiger partial charge in [0, 0.05) is 28.7 Å². The predicted molar refractivity (Wildman–Crippen MR) is 145 cm³/mol. The van der Waals surface area contributed by atoms with Crippen LogP contribution in [0.15, 0.2) is 96.4 Å². The van der Waals surface area contributed by atoms with E-state index in [-0.39, 0.29) is 12.1 Å². The number of allylic oxidation sites excluding steroid dienone is 1. The van der Waals surface area contributed by atoms with Gasteiger partial charge in [-0.15, -0.1) is 0 Å². The number of nitrogens with one attached hydrogen (secondary N) is 1. The molecule has 186 valence electrons. The molecule has 0 spiro atoms. The van der Waals surface area contributed by atoms with Crippen LogP contribution >= 0.6 is 11.6 Å². The highest BCUT2D eigenvalue weighted by Crippen LogP contribution is 2.41. The number of hydrogen-bond acceptors (Lipinski definition) is 4. The standard InChI is InChI=1S/C30H25ClN2O4/c1-37-21-12-13-25-23(17-21)20(18-32-25)15-16-33-28(22-9-5-6-10-24(22)31)27(29(35)30(33)36)26(34)14-11-19-7-3-2-4-8-19/h2-14,17-18,28,32,35H,15-16H2,1H3/b14-11+. The van der Waals surface area contributed by atoms with E-state index >= 15 is 0 Å². The third kappa shape index (κ3) is 4.76. The first-order chi connectivity index (χ1) is 18.0. The van der Waals surface area contributed by atoms with Gasteiger partial charge in [0.2, 0.25) is 0 Å². The average molecular weight is 513 g/mol. The molecule has 0 saturated heterocycles. The molecule has 6 nitrogen and oxygen atoms in total. The molecule has 4 aromatic rings. The summed E-state index contributed by atoms with van der Waals surface area (Å²) >= 11 is 6.53. The number of aromatic nitrogens is 1. The molecule has 1 unspecified atom stereocenters. The van der Waals surface area contributed by atoms with E-state index in [1.165, 1.54) is 11.0 Å². The Morgan fingerprint density at radius 3 is 2.62 bits per heavy atom. The van der Waals surface area contributed by atoms with Crippen molar-refractivity contribution in [2.45, 2.75) is 12.5 Å². The van der Waals surface area contributed by atoms with Crippen LogP contribution < -0.4 is 4.74 Å². The van der Waals surface area contributed by atoms with Gasteiger partial charge in [-0.2, -0.15) is 0 Å². The zero-order valence-corrected chi connectivity index (χ0v) is 20.9. The number of carbonyl (C=O) groups is 2. The van der Waals surface area contributed by atoms with E-state index in [0.29, 0.717) is 17.0 Å². The number of hydrogen-bond donors (Lipinski definition) is 2. The maximum absolute atomic E-state index is 13.3. The van der Waals surface area contributed by atoms with Gasteiger partial charge in [-0.1, -0.05) is 66.2 Å². The maximum Gasteiger partial charge on any atom is 0.290 e. The van der Waals surface area contributed by atoms with Crippen molar-refractivity contribution >= 4 is 40.3 Å². The molecule has 2 N–H and O–H groups in total. The number of aromatic amines is 1. The van der Waals surface area contributed by atoms with Gasteiger partial charge in [-0.05, 0) is 53.5 Å². The molecular weight excluding hydrogens is 488 g/mol. The number of H-pyrrole nitrogens is 1. The third-order valence-electron chi connectivity index (χ3n) is 6.59. The number of benzene rings is 3. The summed E-state index contributed by atoms with van der Waals surface area (Å²) in [6.07, 6.45) is 5.44. The Labute approximate surface area is 219 Å². The Hall–Kier alpha value is -4.29. The number of amides is 1. The lowest BCUT2D eigenvalue weighted by Crippen LogP contribution is -2.33. The smallest absolute Gasteiger partial charge is 0.290 e. The van der Waals surface area contributed by atoms with Crippen molar-refractivity contribution in [2.75, 3.05) is 13.7 Å². The van der Waals surface area contributed by atoms with Crippen LogP contribution in [0.2, 0.25) is 5.02 Å². The van der Waals surface area contributed by atoms with E-state index in [1.807, 2.05) is 54.7 Å². The van der Waals surface area contributed by atoms with Crippen molar-refractivity contribution in [1.82, 2.24) is 9.88 Å². The SMILES string of the molecule is COc1ccc2[nH]cc(CCN3C(=O)C(O)=C(C(=O)/C=C/c4ccccc4)C3c3ccccc3Cl)c2c1. The summed E-state index contributed by atoms with van der Waals surface area (Å²) in [5.41, 5.74) is 3.38. The minimum atomic E-state index is -0.811. The molecule has 37 heavy (non-hydrogen) atoms. The summed E-state index contributed by atoms with van der Waals surface area (Å²) in [5.74, 6) is -0.858. The first-order valence-electron chi connectivity index (χ1n) is 11.9. The van der Waals surface area contributed by atoms with Crippen LogP contribution in [-0.2, 0) is 16.0 Å². The van der Waals surface area contributed by atoms with E-state index in [1.54, 1.807) is 37.5 Å². The summed E-state index contributed by atoms with van der Waals surface area (Å²) in [6, 6.07) is 21.4. The number of ketones is 1. The van der Waals surface area contributed by atoms with E-state index in [4.69, 9.17) is 16.3 Å². The zero-order chi connectivity index (χ0) is 25.9. The van der Waals surface area contributed by atoms with Gasteiger partial charge in [-0.3, -0.25) is 9.59 Å². The monoisotopic (exact) mass is 512 g/mol. The number of carbonyl (C=O) groups excluding carboxylic acids is 2. The molecule has 0 radical (unpaired) electrons. The van der Waals surface area contributed by atoms with Crippen molar-refractivity contribution in [1.29, 1.82) is 0 Å². The van der Waals surface area contributed by atoms with Crippen LogP contribution in [-0.4, -0.2) is 40.3 Å². The van der Waals surface area contributed by atoms with Gasteiger partial charge in [-0.25, -0.2) is 0 Å². The zero-order valence-electron chi connectivity index (χ0n) is 20.1. The highest BCUT2D eigenvalue weighted by molar-refractivity contribution is 6.31. The number of nitrogens with zero attached hydrogens (tertiary/aromatic N) is 1. The van der Waals surface area contributed by atoms with Gasteiger partial charge in [0.1, 0.15) is 5.75 Å². The number of halogens is 1. The number of ether oxygens (including phenoxy) is 1. The van der Waals surface area contributed by atoms with Crippen LogP contribution in [0, 0.1) is 0 Å². The van der Waals surface area contributed by atoms with Gasteiger partial charge in [0.15, 0.2) is 11.5 Å². The minimum Gasteiger partial charge on any atom is -0.503 e. The highest BCUT2D eigenvalue weighted by Gasteiger charge is 2.43. The van der Waals surface area contributed by atoms with E-state index in [0.717, 1.165) is 27.8 Å². The number of rotatable bonds is 8. The Bertz CT molecular complexity index is 1540. The molecule has 0 fully saturated rings.